The van der Waals surface area contributed by atoms with Crippen molar-refractivity contribution in [3.63, 3.8) is 0 Å². The van der Waals surface area contributed by atoms with Crippen molar-refractivity contribution in [2.75, 3.05) is 13.2 Å². The molecule has 33 heavy (non-hydrogen) atoms. The number of hydrogen-bond acceptors (Lipinski definition) is 5. The second-order valence-corrected chi connectivity index (χ2v) is 7.22. The number of aliphatic hydroxyl groups excluding tert-OH is 1. The molecule has 2 aromatic rings. The summed E-state index contributed by atoms with van der Waals surface area (Å²) in [5.74, 6) is -5.78. The van der Waals surface area contributed by atoms with Crippen LogP contribution in [0.5, 0.6) is 11.5 Å². The number of ether oxygens (including phenoxy) is 2. The van der Waals surface area contributed by atoms with Crippen LogP contribution < -0.4 is 20.1 Å². The maximum Gasteiger partial charge on any atom is 0.265 e. The Kier molecular flexibility index (Phi) is 7.54. The van der Waals surface area contributed by atoms with Crippen molar-refractivity contribution < 1.29 is 41.7 Å². The van der Waals surface area contributed by atoms with Crippen molar-refractivity contribution in [2.24, 2.45) is 0 Å². The molecule has 0 bridgehead atoms. The second kappa shape index (κ2) is 10.3. The molecule has 2 aromatic carbocycles. The van der Waals surface area contributed by atoms with Crippen LogP contribution in [0.2, 0.25) is 0 Å². The molecular formula is C22H20F4N2O5. The van der Waals surface area contributed by atoms with Gasteiger partial charge < -0.3 is 25.2 Å². The molecule has 3 rings (SSSR count). The molecule has 0 saturated heterocycles. The van der Waals surface area contributed by atoms with E-state index in [4.69, 9.17) is 9.47 Å². The minimum atomic E-state index is -1.22. The maximum absolute atomic E-state index is 13.4. The lowest BCUT2D eigenvalue weighted by atomic mass is 9.98. The van der Waals surface area contributed by atoms with Crippen LogP contribution in [0.15, 0.2) is 42.6 Å². The van der Waals surface area contributed by atoms with Crippen molar-refractivity contribution in [1.82, 2.24) is 10.6 Å². The molecule has 176 valence electrons. The first-order chi connectivity index (χ1) is 15.6. The fourth-order valence-electron chi connectivity index (χ4n) is 3.03. The molecule has 0 spiro atoms. The highest BCUT2D eigenvalue weighted by Gasteiger charge is 2.33. The van der Waals surface area contributed by atoms with Crippen molar-refractivity contribution in [3.8, 4) is 11.5 Å². The number of nitrogens with one attached hydrogen (secondary N) is 2. The van der Waals surface area contributed by atoms with Gasteiger partial charge in [0.2, 0.25) is 0 Å². The zero-order chi connectivity index (χ0) is 24.1. The second-order valence-electron chi connectivity index (χ2n) is 7.22. The van der Waals surface area contributed by atoms with Crippen LogP contribution in [-0.4, -0.2) is 36.2 Å². The van der Waals surface area contributed by atoms with Crippen LogP contribution >= 0.6 is 0 Å². The standard InChI is InChI=1S/C22H20F4N2O5/c1-11(4-5-27-21(30)10-32-12-2-3-14(23)15(24)6-12)28-22(31)20-9-18(29)13-7-16(25)17(26)8-19(13)33-20/h2-3,6-8,18,20,29H,1,4-5,9-10H2,(H,27,30)(H,28,31)/t18-,20-/m1/s1. The van der Waals surface area contributed by atoms with Gasteiger partial charge in [-0.2, -0.15) is 0 Å². The van der Waals surface area contributed by atoms with Crippen LogP contribution in [0.25, 0.3) is 0 Å². The van der Waals surface area contributed by atoms with Crippen LogP contribution in [-0.2, 0) is 9.59 Å². The molecule has 2 atom stereocenters. The molecule has 3 N–H and O–H groups in total. The van der Waals surface area contributed by atoms with Crippen LogP contribution in [0, 0.1) is 23.3 Å². The van der Waals surface area contributed by atoms with Gasteiger partial charge in [0.25, 0.3) is 11.8 Å². The molecule has 1 aliphatic rings. The van der Waals surface area contributed by atoms with E-state index in [1.54, 1.807) is 0 Å². The number of aliphatic hydroxyl groups is 1. The molecule has 1 heterocycles. The highest BCUT2D eigenvalue weighted by molar-refractivity contribution is 5.83. The Balaban J connectivity index is 1.41. The summed E-state index contributed by atoms with van der Waals surface area (Å²) in [6.07, 6.45) is -2.40. The van der Waals surface area contributed by atoms with E-state index in [0.717, 1.165) is 24.3 Å². The lowest BCUT2D eigenvalue weighted by Gasteiger charge is -2.29. The lowest BCUT2D eigenvalue weighted by Crippen LogP contribution is -2.41. The summed E-state index contributed by atoms with van der Waals surface area (Å²) < 4.78 is 63.2. The number of halogens is 4. The number of rotatable bonds is 8. The summed E-state index contributed by atoms with van der Waals surface area (Å²) in [5, 5.41) is 15.1. The Bertz CT molecular complexity index is 1080. The van der Waals surface area contributed by atoms with Gasteiger partial charge in [-0.05, 0) is 18.2 Å². The summed E-state index contributed by atoms with van der Waals surface area (Å²) in [4.78, 5) is 24.2. The molecule has 2 amide bonds. The van der Waals surface area contributed by atoms with Gasteiger partial charge in [-0.3, -0.25) is 9.59 Å². The third-order valence-corrected chi connectivity index (χ3v) is 4.72. The van der Waals surface area contributed by atoms with Gasteiger partial charge >= 0.3 is 0 Å². The van der Waals surface area contributed by atoms with Gasteiger partial charge in [0.15, 0.2) is 36.0 Å². The van der Waals surface area contributed by atoms with E-state index in [2.05, 4.69) is 17.2 Å². The van der Waals surface area contributed by atoms with Crippen LogP contribution in [0.1, 0.15) is 24.5 Å². The number of fused-ring (bicyclic) bond motifs is 1. The molecule has 0 aliphatic carbocycles. The maximum atomic E-state index is 13.4. The fourth-order valence-corrected chi connectivity index (χ4v) is 3.03. The minimum Gasteiger partial charge on any atom is -0.484 e. The largest absolute Gasteiger partial charge is 0.484 e. The van der Waals surface area contributed by atoms with E-state index in [0.29, 0.717) is 0 Å². The number of benzene rings is 2. The van der Waals surface area contributed by atoms with Crippen molar-refractivity contribution >= 4 is 11.8 Å². The number of hydrogen-bond donors (Lipinski definition) is 3. The Morgan fingerprint density at radius 2 is 1.79 bits per heavy atom. The summed E-state index contributed by atoms with van der Waals surface area (Å²) in [5.41, 5.74) is 0.279. The summed E-state index contributed by atoms with van der Waals surface area (Å²) in [6, 6.07) is 4.45. The van der Waals surface area contributed by atoms with Gasteiger partial charge in [-0.25, -0.2) is 17.6 Å². The highest BCUT2D eigenvalue weighted by atomic mass is 19.2. The van der Waals surface area contributed by atoms with Crippen LogP contribution in [0.3, 0.4) is 0 Å². The fraction of sp³-hybridized carbons (Fsp3) is 0.273. The van der Waals surface area contributed by atoms with E-state index in [-0.39, 0.29) is 42.1 Å². The van der Waals surface area contributed by atoms with E-state index >= 15 is 0 Å². The molecule has 7 nitrogen and oxygen atoms in total. The molecule has 0 saturated carbocycles. The van der Waals surface area contributed by atoms with Gasteiger partial charge in [0.1, 0.15) is 11.5 Å². The topological polar surface area (TPSA) is 96.9 Å². The van der Waals surface area contributed by atoms with Crippen molar-refractivity contribution in [2.45, 2.75) is 25.0 Å². The Labute approximate surface area is 186 Å². The highest BCUT2D eigenvalue weighted by Crippen LogP contribution is 2.36. The zero-order valence-corrected chi connectivity index (χ0v) is 17.2. The molecule has 11 heteroatoms. The monoisotopic (exact) mass is 468 g/mol. The van der Waals surface area contributed by atoms with E-state index in [1.165, 1.54) is 6.07 Å². The van der Waals surface area contributed by atoms with Gasteiger partial charge in [0, 0.05) is 42.8 Å². The Morgan fingerprint density at radius 3 is 2.52 bits per heavy atom. The van der Waals surface area contributed by atoms with Crippen molar-refractivity contribution in [1.29, 1.82) is 0 Å². The van der Waals surface area contributed by atoms with Gasteiger partial charge in [0.05, 0.1) is 6.10 Å². The van der Waals surface area contributed by atoms with Crippen LogP contribution in [0.4, 0.5) is 17.6 Å². The molecule has 0 unspecified atom stereocenters. The summed E-state index contributed by atoms with van der Waals surface area (Å²) in [6.45, 7) is 3.32. The normalized spacial score (nSPS) is 16.9. The molecule has 0 aromatic heterocycles. The first-order valence-electron chi connectivity index (χ1n) is 9.81. The summed E-state index contributed by atoms with van der Waals surface area (Å²) >= 11 is 0. The summed E-state index contributed by atoms with van der Waals surface area (Å²) in [7, 11) is 0. The van der Waals surface area contributed by atoms with Gasteiger partial charge in [-0.1, -0.05) is 6.58 Å². The SMILES string of the molecule is C=C(CCNC(=O)COc1ccc(F)c(F)c1)NC(=O)[C@H]1C[C@@H](O)c2cc(F)c(F)cc2O1. The smallest absolute Gasteiger partial charge is 0.265 e. The number of carbonyl (C=O) groups is 2. The van der Waals surface area contributed by atoms with Crippen molar-refractivity contribution in [3.05, 3.63) is 71.4 Å². The zero-order valence-electron chi connectivity index (χ0n) is 17.2. The lowest BCUT2D eigenvalue weighted by molar-refractivity contribution is -0.129. The van der Waals surface area contributed by atoms with E-state index in [1.807, 2.05) is 0 Å². The molecule has 0 radical (unpaired) electrons. The third kappa shape index (κ3) is 6.22. The Morgan fingerprint density at radius 1 is 1.09 bits per heavy atom. The van der Waals surface area contributed by atoms with E-state index in [9.17, 15) is 32.3 Å². The number of carbonyl (C=O) groups excluding carboxylic acids is 2. The molecule has 0 fully saturated rings. The third-order valence-electron chi connectivity index (χ3n) is 4.72. The predicted molar refractivity (Wildman–Crippen MR) is 107 cm³/mol. The average Bonchev–Trinajstić information content (AvgIpc) is 2.75. The minimum absolute atomic E-state index is 0.0143. The molecular weight excluding hydrogens is 448 g/mol. The first kappa shape index (κ1) is 24.1. The average molecular weight is 468 g/mol. The molecule has 1 aliphatic heterocycles. The Hall–Kier alpha value is -3.60. The van der Waals surface area contributed by atoms with Gasteiger partial charge in [-0.15, -0.1) is 0 Å². The first-order valence-corrected chi connectivity index (χ1v) is 9.81. The number of amides is 2. The quantitative estimate of drug-likeness (QED) is 0.518. The van der Waals surface area contributed by atoms with E-state index < -0.39 is 53.9 Å². The predicted octanol–water partition coefficient (Wildman–Crippen LogP) is 2.64.